The topological polar surface area (TPSA) is 60.9 Å². The first kappa shape index (κ1) is 23.7. The fourth-order valence-electron chi connectivity index (χ4n) is 2.99. The molecule has 0 bridgehead atoms. The van der Waals surface area contributed by atoms with Gasteiger partial charge in [0, 0.05) is 23.1 Å². The van der Waals surface area contributed by atoms with Crippen LogP contribution < -0.4 is 14.2 Å². The van der Waals surface area contributed by atoms with Crippen LogP contribution in [0.15, 0.2) is 41.8 Å². The molecule has 30 heavy (non-hydrogen) atoms. The summed E-state index contributed by atoms with van der Waals surface area (Å²) in [4.78, 5) is 19.7. The van der Waals surface area contributed by atoms with Crippen molar-refractivity contribution in [2.45, 2.75) is 6.54 Å². The summed E-state index contributed by atoms with van der Waals surface area (Å²) in [7, 11) is 8.64. The normalized spacial score (nSPS) is 10.5. The third kappa shape index (κ3) is 5.11. The van der Waals surface area contributed by atoms with Gasteiger partial charge in [0.1, 0.15) is 10.7 Å². The average Bonchev–Trinajstić information content (AvgIpc) is 3.22. The van der Waals surface area contributed by atoms with Gasteiger partial charge in [0.25, 0.3) is 0 Å². The van der Waals surface area contributed by atoms with Gasteiger partial charge in [-0.15, -0.1) is 23.7 Å². The number of nitrogens with zero attached hydrogens (tertiary/aromatic N) is 2. The molecule has 3 aromatic rings. The third-order valence-corrected chi connectivity index (χ3v) is 5.25. The Labute approximate surface area is 186 Å². The van der Waals surface area contributed by atoms with E-state index in [0.29, 0.717) is 28.5 Å². The maximum atomic E-state index is 13.0. The van der Waals surface area contributed by atoms with E-state index >= 15 is 0 Å². The third-order valence-electron chi connectivity index (χ3n) is 4.36. The van der Waals surface area contributed by atoms with Crippen molar-refractivity contribution in [1.82, 2.24) is 9.88 Å². The van der Waals surface area contributed by atoms with Crippen LogP contribution in [-0.4, -0.2) is 51.1 Å². The van der Waals surface area contributed by atoms with Crippen molar-refractivity contribution >= 4 is 29.5 Å². The van der Waals surface area contributed by atoms with E-state index in [1.54, 1.807) is 17.5 Å². The maximum Gasteiger partial charge on any atom is 0.212 e. The van der Waals surface area contributed by atoms with Crippen LogP contribution in [0.1, 0.15) is 21.6 Å². The van der Waals surface area contributed by atoms with Crippen LogP contribution in [0, 0.1) is 0 Å². The van der Waals surface area contributed by atoms with Crippen LogP contribution in [0.2, 0.25) is 0 Å². The number of aromatic nitrogens is 1. The van der Waals surface area contributed by atoms with E-state index in [4.69, 9.17) is 14.2 Å². The zero-order valence-electron chi connectivity index (χ0n) is 17.6. The lowest BCUT2D eigenvalue weighted by molar-refractivity contribution is 0.103. The van der Waals surface area contributed by atoms with Gasteiger partial charge in [-0.1, -0.05) is 24.3 Å². The van der Waals surface area contributed by atoms with Crippen molar-refractivity contribution < 1.29 is 19.0 Å². The molecule has 0 radical (unpaired) electrons. The number of hydrogen-bond acceptors (Lipinski definition) is 7. The predicted octanol–water partition coefficient (Wildman–Crippen LogP) is 4.55. The molecule has 2 aromatic carbocycles. The molecular weight excluding hydrogens is 424 g/mol. The molecule has 8 heteroatoms. The molecule has 1 aromatic heterocycles. The number of carbonyl (C=O) groups is 1. The molecule has 0 N–H and O–H groups in total. The number of ketones is 1. The van der Waals surface area contributed by atoms with E-state index in [1.807, 2.05) is 26.2 Å². The van der Waals surface area contributed by atoms with E-state index in [2.05, 4.69) is 22.0 Å². The zero-order valence-corrected chi connectivity index (χ0v) is 19.2. The summed E-state index contributed by atoms with van der Waals surface area (Å²) in [5.41, 5.74) is 3.03. The molecule has 0 aliphatic carbocycles. The minimum Gasteiger partial charge on any atom is -0.493 e. The molecule has 160 valence electrons. The number of rotatable bonds is 8. The molecule has 0 unspecified atom stereocenters. The summed E-state index contributed by atoms with van der Waals surface area (Å²) < 4.78 is 16.0. The molecule has 3 rings (SSSR count). The molecule has 0 amide bonds. The lowest BCUT2D eigenvalue weighted by Crippen LogP contribution is -2.10. The van der Waals surface area contributed by atoms with E-state index in [-0.39, 0.29) is 18.2 Å². The van der Waals surface area contributed by atoms with Gasteiger partial charge in [-0.05, 0) is 31.8 Å². The molecular formula is C22H25ClN2O4S. The number of carbonyl (C=O) groups excluding carboxylic acids is 1. The number of halogens is 1. The lowest BCUT2D eigenvalue weighted by Gasteiger charge is -2.13. The Morgan fingerprint density at radius 1 is 1.00 bits per heavy atom. The first-order valence-electron chi connectivity index (χ1n) is 9.01. The minimum absolute atomic E-state index is 0. The Bertz CT molecular complexity index is 978. The molecule has 0 aliphatic rings. The van der Waals surface area contributed by atoms with Crippen LogP contribution >= 0.6 is 23.7 Å². The maximum absolute atomic E-state index is 13.0. The van der Waals surface area contributed by atoms with Crippen LogP contribution in [0.4, 0.5) is 0 Å². The SMILES string of the molecule is COc1cc(C(=O)c2csc(-c3ccc(CN(C)C)cc3)n2)cc(OC)c1OC.Cl. The number of ether oxygens (including phenoxy) is 3. The van der Waals surface area contributed by atoms with Gasteiger partial charge >= 0.3 is 0 Å². The summed E-state index contributed by atoms with van der Waals surface area (Å²) >= 11 is 1.44. The Hall–Kier alpha value is -2.61. The highest BCUT2D eigenvalue weighted by atomic mass is 35.5. The molecule has 0 atom stereocenters. The summed E-state index contributed by atoms with van der Waals surface area (Å²) in [6, 6.07) is 11.5. The van der Waals surface area contributed by atoms with Crippen molar-refractivity contribution in [3.05, 3.63) is 58.6 Å². The average molecular weight is 449 g/mol. The number of thiazole rings is 1. The quantitative estimate of drug-likeness (QED) is 0.471. The van der Waals surface area contributed by atoms with Crippen molar-refractivity contribution in [3.8, 4) is 27.8 Å². The fourth-order valence-corrected chi connectivity index (χ4v) is 3.79. The van der Waals surface area contributed by atoms with Crippen LogP contribution in [-0.2, 0) is 6.54 Å². The molecule has 0 saturated carbocycles. The molecule has 0 saturated heterocycles. The van der Waals surface area contributed by atoms with Crippen molar-refractivity contribution in [2.75, 3.05) is 35.4 Å². The van der Waals surface area contributed by atoms with Crippen molar-refractivity contribution in [2.24, 2.45) is 0 Å². The highest BCUT2D eigenvalue weighted by Crippen LogP contribution is 2.39. The number of methoxy groups -OCH3 is 3. The van der Waals surface area contributed by atoms with Gasteiger partial charge in [-0.2, -0.15) is 0 Å². The van der Waals surface area contributed by atoms with Crippen molar-refractivity contribution in [1.29, 1.82) is 0 Å². The smallest absolute Gasteiger partial charge is 0.212 e. The predicted molar refractivity (Wildman–Crippen MR) is 122 cm³/mol. The van der Waals surface area contributed by atoms with E-state index in [0.717, 1.165) is 17.1 Å². The summed E-state index contributed by atoms with van der Waals surface area (Å²) in [5.74, 6) is 1.11. The highest BCUT2D eigenvalue weighted by Gasteiger charge is 2.20. The lowest BCUT2D eigenvalue weighted by atomic mass is 10.1. The molecule has 6 nitrogen and oxygen atoms in total. The molecule has 1 heterocycles. The van der Waals surface area contributed by atoms with Gasteiger partial charge in [-0.3, -0.25) is 4.79 Å². The van der Waals surface area contributed by atoms with Gasteiger partial charge in [0.05, 0.1) is 21.3 Å². The molecule has 0 aliphatic heterocycles. The second-order valence-corrected chi connectivity index (χ2v) is 7.57. The van der Waals surface area contributed by atoms with Crippen molar-refractivity contribution in [3.63, 3.8) is 0 Å². The first-order valence-corrected chi connectivity index (χ1v) is 9.89. The Morgan fingerprint density at radius 3 is 2.10 bits per heavy atom. The summed E-state index contributed by atoms with van der Waals surface area (Å²) in [6.07, 6.45) is 0. The largest absolute Gasteiger partial charge is 0.493 e. The zero-order chi connectivity index (χ0) is 21.0. The van der Waals surface area contributed by atoms with Crippen LogP contribution in [0.5, 0.6) is 17.2 Å². The summed E-state index contributed by atoms with van der Waals surface area (Å²) in [5, 5.41) is 2.58. The number of benzene rings is 2. The van der Waals surface area contributed by atoms with E-state index < -0.39 is 0 Å². The van der Waals surface area contributed by atoms with Gasteiger partial charge in [-0.25, -0.2) is 4.98 Å². The van der Waals surface area contributed by atoms with Gasteiger partial charge in [0.2, 0.25) is 11.5 Å². The van der Waals surface area contributed by atoms with Gasteiger partial charge < -0.3 is 19.1 Å². The number of hydrogen-bond donors (Lipinski definition) is 0. The molecule has 0 spiro atoms. The Morgan fingerprint density at radius 2 is 1.60 bits per heavy atom. The highest BCUT2D eigenvalue weighted by molar-refractivity contribution is 7.13. The van der Waals surface area contributed by atoms with Crippen LogP contribution in [0.3, 0.4) is 0 Å². The van der Waals surface area contributed by atoms with Gasteiger partial charge in [0.15, 0.2) is 11.5 Å². The second kappa shape index (κ2) is 10.4. The minimum atomic E-state index is -0.198. The monoisotopic (exact) mass is 448 g/mol. The first-order chi connectivity index (χ1) is 14.0. The fraction of sp³-hybridized carbons (Fsp3) is 0.273. The van der Waals surface area contributed by atoms with E-state index in [1.165, 1.54) is 38.2 Å². The summed E-state index contributed by atoms with van der Waals surface area (Å²) in [6.45, 7) is 0.878. The molecule has 0 fully saturated rings. The standard InChI is InChI=1S/C22H24N2O4S.ClH/c1-24(2)12-14-6-8-15(9-7-14)22-23-17(13-29-22)20(25)16-10-18(26-3)21(28-5)19(11-16)27-4;/h6-11,13H,12H2,1-5H3;1H. The second-order valence-electron chi connectivity index (χ2n) is 6.72. The Balaban J connectivity index is 0.00000320. The Kier molecular flexibility index (Phi) is 8.23. The van der Waals surface area contributed by atoms with E-state index in [9.17, 15) is 4.79 Å². The van der Waals surface area contributed by atoms with Crippen LogP contribution in [0.25, 0.3) is 10.6 Å².